The SMILES string of the molecule is CO[C@H]1C2=C[C@@H](C2)[C@H](C)[C@@H](C)S(=O)(=O)NC(=O)c2ccc3c(c2)N(Cc2ccc(Cl)c(F)c2CCCCO3)C[C@@H]2CC[C@H]21. The van der Waals surface area contributed by atoms with E-state index >= 15 is 4.39 Å². The number of rotatable bonds is 1. The molecule has 43 heavy (non-hydrogen) atoms. The second-order valence-corrected chi connectivity index (χ2v) is 15.1. The fourth-order valence-corrected chi connectivity index (χ4v) is 8.70. The van der Waals surface area contributed by atoms with Crippen LogP contribution in [-0.2, 0) is 27.7 Å². The number of ether oxygens (including phenoxy) is 2. The second kappa shape index (κ2) is 12.1. The molecule has 7 rings (SSSR count). The number of nitrogens with one attached hydrogen (secondary N) is 1. The van der Waals surface area contributed by atoms with E-state index in [4.69, 9.17) is 21.1 Å². The Morgan fingerprint density at radius 1 is 1.14 bits per heavy atom. The van der Waals surface area contributed by atoms with Gasteiger partial charge >= 0.3 is 0 Å². The van der Waals surface area contributed by atoms with E-state index in [0.717, 1.165) is 37.7 Å². The van der Waals surface area contributed by atoms with Gasteiger partial charge in [0.2, 0.25) is 10.0 Å². The summed E-state index contributed by atoms with van der Waals surface area (Å²) in [6, 6.07) is 8.56. The number of methoxy groups -OCH3 is 1. The van der Waals surface area contributed by atoms with Gasteiger partial charge in [0.15, 0.2) is 0 Å². The summed E-state index contributed by atoms with van der Waals surface area (Å²) in [5.74, 6) is 0.108. The second-order valence-electron chi connectivity index (χ2n) is 12.7. The van der Waals surface area contributed by atoms with Gasteiger partial charge in [0, 0.05) is 25.8 Å². The van der Waals surface area contributed by atoms with Crippen molar-refractivity contribution in [2.24, 2.45) is 23.7 Å². The van der Waals surface area contributed by atoms with Crippen LogP contribution in [0.1, 0.15) is 67.4 Å². The van der Waals surface area contributed by atoms with Gasteiger partial charge in [-0.25, -0.2) is 17.5 Å². The largest absolute Gasteiger partial charge is 0.491 e. The van der Waals surface area contributed by atoms with Gasteiger partial charge in [-0.3, -0.25) is 4.79 Å². The number of amides is 1. The Balaban J connectivity index is 1.47. The number of allylic oxidation sites excluding steroid dienone is 1. The fraction of sp³-hybridized carbons (Fsp3) is 0.545. The van der Waals surface area contributed by atoms with Gasteiger partial charge in [-0.15, -0.1) is 0 Å². The van der Waals surface area contributed by atoms with Gasteiger partial charge in [-0.1, -0.05) is 30.7 Å². The van der Waals surface area contributed by atoms with E-state index in [1.165, 1.54) is 5.57 Å². The number of anilines is 1. The Labute approximate surface area is 258 Å². The minimum absolute atomic E-state index is 0.0313. The van der Waals surface area contributed by atoms with E-state index in [1.54, 1.807) is 38.3 Å². The van der Waals surface area contributed by atoms with Crippen molar-refractivity contribution in [2.75, 3.05) is 25.2 Å². The number of hydrogen-bond acceptors (Lipinski definition) is 6. The van der Waals surface area contributed by atoms with Crippen LogP contribution in [0, 0.1) is 29.5 Å². The molecule has 0 radical (unpaired) electrons. The minimum atomic E-state index is -3.94. The van der Waals surface area contributed by atoms with E-state index in [-0.39, 0.29) is 34.3 Å². The third-order valence-corrected chi connectivity index (χ3v) is 12.4. The zero-order valence-electron chi connectivity index (χ0n) is 24.9. The van der Waals surface area contributed by atoms with Gasteiger partial charge in [0.25, 0.3) is 5.91 Å². The Kier molecular flexibility index (Phi) is 8.52. The van der Waals surface area contributed by atoms with Crippen LogP contribution in [0.2, 0.25) is 5.02 Å². The average molecular weight is 631 g/mol. The van der Waals surface area contributed by atoms with Crippen LogP contribution in [0.3, 0.4) is 0 Å². The molecule has 5 aliphatic rings. The maximum absolute atomic E-state index is 15.4. The lowest BCUT2D eigenvalue weighted by atomic mass is 9.64. The molecule has 10 heteroatoms. The van der Waals surface area contributed by atoms with Crippen LogP contribution in [0.15, 0.2) is 42.0 Å². The Morgan fingerprint density at radius 2 is 1.93 bits per heavy atom. The van der Waals surface area contributed by atoms with Crippen molar-refractivity contribution in [1.29, 1.82) is 0 Å². The number of carbonyl (C=O) groups is 1. The monoisotopic (exact) mass is 630 g/mol. The van der Waals surface area contributed by atoms with Gasteiger partial charge in [-0.2, -0.15) is 0 Å². The molecule has 0 saturated heterocycles. The van der Waals surface area contributed by atoms with Crippen molar-refractivity contribution in [3.63, 3.8) is 0 Å². The standard InChI is InChI=1S/C33H40ClFN2O5S/c1-19-20(2)43(39,40)36-33(38)21-9-12-30-29(16-21)37(18-23-7-10-27(23)32(41-3)25-14-24(19)15-25)17-22-8-11-28(34)31(35)26(22)6-4-5-13-42-30/h8-9,11-12,14,16,19-20,23-24,27,32H,4-7,10,13,15,17-18H2,1-3H3,(H,36,38)/t19-,20-,23+,24+,27-,32+/m1/s1. The molecule has 7 nitrogen and oxygen atoms in total. The molecule has 4 bridgehead atoms. The van der Waals surface area contributed by atoms with E-state index in [1.807, 2.05) is 13.0 Å². The molecular formula is C33H40ClFN2O5S. The Bertz CT molecular complexity index is 1550. The highest BCUT2D eigenvalue weighted by molar-refractivity contribution is 7.90. The first-order valence-corrected chi connectivity index (χ1v) is 17.3. The first kappa shape index (κ1) is 30.4. The summed E-state index contributed by atoms with van der Waals surface area (Å²) < 4.78 is 56.7. The fourth-order valence-electron chi connectivity index (χ4n) is 7.20. The van der Waals surface area contributed by atoms with E-state index < -0.39 is 21.2 Å². The first-order valence-electron chi connectivity index (χ1n) is 15.3. The molecule has 1 saturated carbocycles. The molecule has 1 amide bonds. The summed E-state index contributed by atoms with van der Waals surface area (Å²) in [6.07, 6.45) is 7.00. The quantitative estimate of drug-likeness (QED) is 0.373. The number of halogens is 2. The molecule has 232 valence electrons. The maximum atomic E-state index is 15.4. The molecule has 0 aromatic heterocycles. The molecule has 2 aromatic rings. The molecule has 6 atom stereocenters. The van der Waals surface area contributed by atoms with Crippen molar-refractivity contribution >= 4 is 33.2 Å². The highest BCUT2D eigenvalue weighted by Crippen LogP contribution is 2.47. The molecule has 3 heterocycles. The predicted octanol–water partition coefficient (Wildman–Crippen LogP) is 6.29. The van der Waals surface area contributed by atoms with Crippen molar-refractivity contribution < 1.29 is 27.1 Å². The highest BCUT2D eigenvalue weighted by Gasteiger charge is 2.44. The van der Waals surface area contributed by atoms with Crippen molar-refractivity contribution in [2.45, 2.75) is 70.3 Å². The van der Waals surface area contributed by atoms with Crippen LogP contribution in [0.5, 0.6) is 5.75 Å². The molecule has 1 N–H and O–H groups in total. The molecule has 2 aliphatic carbocycles. The third-order valence-electron chi connectivity index (χ3n) is 10.3. The van der Waals surface area contributed by atoms with Crippen molar-refractivity contribution in [1.82, 2.24) is 4.72 Å². The number of carbonyl (C=O) groups excluding carboxylic acids is 1. The normalized spacial score (nSPS) is 30.6. The zero-order chi connectivity index (χ0) is 30.5. The smallest absolute Gasteiger partial charge is 0.264 e. The molecule has 0 spiro atoms. The molecule has 2 aromatic carbocycles. The van der Waals surface area contributed by atoms with Gasteiger partial charge in [0.1, 0.15) is 11.6 Å². The number of hydrogen-bond donors (Lipinski definition) is 1. The predicted molar refractivity (Wildman–Crippen MR) is 166 cm³/mol. The molecule has 1 fully saturated rings. The topological polar surface area (TPSA) is 84.9 Å². The molecule has 3 aliphatic heterocycles. The van der Waals surface area contributed by atoms with Crippen LogP contribution in [-0.4, -0.2) is 45.9 Å². The lowest BCUT2D eigenvalue weighted by Gasteiger charge is -2.47. The van der Waals surface area contributed by atoms with Crippen LogP contribution in [0.4, 0.5) is 10.1 Å². The van der Waals surface area contributed by atoms with Crippen LogP contribution >= 0.6 is 11.6 Å². The van der Waals surface area contributed by atoms with Gasteiger partial charge in [0.05, 0.1) is 28.7 Å². The maximum Gasteiger partial charge on any atom is 0.264 e. The number of nitrogens with zero attached hydrogens (tertiary/aromatic N) is 1. The summed E-state index contributed by atoms with van der Waals surface area (Å²) in [5.41, 5.74) is 3.58. The van der Waals surface area contributed by atoms with Crippen molar-refractivity contribution in [3.05, 3.63) is 69.5 Å². The van der Waals surface area contributed by atoms with E-state index in [0.29, 0.717) is 55.0 Å². The zero-order valence-corrected chi connectivity index (χ0v) is 26.5. The van der Waals surface area contributed by atoms with Gasteiger partial charge < -0.3 is 14.4 Å². The lowest BCUT2D eigenvalue weighted by molar-refractivity contribution is -0.000331. The van der Waals surface area contributed by atoms with E-state index in [9.17, 15) is 13.2 Å². The van der Waals surface area contributed by atoms with Gasteiger partial charge in [-0.05, 0) is 110 Å². The molecular weight excluding hydrogens is 591 g/mol. The Morgan fingerprint density at radius 3 is 2.65 bits per heavy atom. The highest BCUT2D eigenvalue weighted by atomic mass is 35.5. The summed E-state index contributed by atoms with van der Waals surface area (Å²) >= 11 is 6.21. The first-order chi connectivity index (χ1) is 20.6. The summed E-state index contributed by atoms with van der Waals surface area (Å²) in [6.45, 7) is 5.08. The number of sulfonamides is 1. The summed E-state index contributed by atoms with van der Waals surface area (Å²) in [4.78, 5) is 15.6. The lowest BCUT2D eigenvalue weighted by Crippen LogP contribution is -2.47. The van der Waals surface area contributed by atoms with E-state index in [2.05, 4.69) is 15.7 Å². The molecule has 0 unspecified atom stereocenters. The van der Waals surface area contributed by atoms with Crippen LogP contribution < -0.4 is 14.4 Å². The summed E-state index contributed by atoms with van der Waals surface area (Å²) in [5, 5.41) is -0.654. The average Bonchev–Trinajstić information content (AvgIpc) is 2.97. The summed E-state index contributed by atoms with van der Waals surface area (Å²) in [7, 11) is -2.19. The number of benzene rings is 2. The van der Waals surface area contributed by atoms with Crippen molar-refractivity contribution in [3.8, 4) is 5.75 Å². The third kappa shape index (κ3) is 5.80. The Hall–Kier alpha value is -2.62. The van der Waals surface area contributed by atoms with Crippen LogP contribution in [0.25, 0.3) is 0 Å². The number of fused-ring (bicyclic) bond motifs is 5. The minimum Gasteiger partial charge on any atom is -0.491 e.